The van der Waals surface area contributed by atoms with Crippen LogP contribution >= 0.6 is 0 Å². The van der Waals surface area contributed by atoms with E-state index in [1.807, 2.05) is 13.8 Å². The minimum atomic E-state index is -1.64. The maximum absolute atomic E-state index is 10.3. The summed E-state index contributed by atoms with van der Waals surface area (Å²) >= 11 is 0. The fourth-order valence-electron chi connectivity index (χ4n) is 2.85. The third-order valence-corrected chi connectivity index (χ3v) is 4.78. The van der Waals surface area contributed by atoms with E-state index >= 15 is 0 Å². The van der Waals surface area contributed by atoms with Gasteiger partial charge in [-0.3, -0.25) is 0 Å². The second kappa shape index (κ2) is 10.1. The van der Waals surface area contributed by atoms with Crippen LogP contribution in [0.3, 0.4) is 0 Å². The molecule has 0 amide bonds. The first kappa shape index (κ1) is 22.7. The molecule has 1 aliphatic heterocycles. The van der Waals surface area contributed by atoms with Crippen molar-refractivity contribution < 1.29 is 44.8 Å². The SMILES string of the molecule is CC(O)C(O)C(O)C(OCOC1C(C)OC(C)C(C)C1O)C(O)CO. The Labute approximate surface area is 147 Å². The minimum absolute atomic E-state index is 0.127. The number of hydrogen-bond acceptors (Lipinski definition) is 9. The molecule has 1 rings (SSSR count). The summed E-state index contributed by atoms with van der Waals surface area (Å²) in [6, 6.07) is 0. The summed E-state index contributed by atoms with van der Waals surface area (Å²) in [4.78, 5) is 0. The summed E-state index contributed by atoms with van der Waals surface area (Å²) in [5, 5.41) is 58.3. The van der Waals surface area contributed by atoms with Gasteiger partial charge in [0.15, 0.2) is 0 Å². The topological polar surface area (TPSA) is 149 Å². The predicted molar refractivity (Wildman–Crippen MR) is 86.6 cm³/mol. The summed E-state index contributed by atoms with van der Waals surface area (Å²) in [7, 11) is 0. The molecule has 0 saturated carbocycles. The van der Waals surface area contributed by atoms with Crippen LogP contribution in [0.15, 0.2) is 0 Å². The highest BCUT2D eigenvalue weighted by molar-refractivity contribution is 4.88. The molecule has 0 aromatic carbocycles. The van der Waals surface area contributed by atoms with Gasteiger partial charge >= 0.3 is 0 Å². The summed E-state index contributed by atoms with van der Waals surface area (Å²) in [5.74, 6) is -0.150. The lowest BCUT2D eigenvalue weighted by Gasteiger charge is -2.41. The molecule has 6 N–H and O–H groups in total. The highest BCUT2D eigenvalue weighted by Crippen LogP contribution is 2.27. The van der Waals surface area contributed by atoms with Gasteiger partial charge in [-0.1, -0.05) is 6.92 Å². The summed E-state index contributed by atoms with van der Waals surface area (Å²) in [6.07, 6.45) is -9.32. The van der Waals surface area contributed by atoms with Crippen molar-refractivity contribution in [3.63, 3.8) is 0 Å². The molecule has 150 valence electrons. The molecule has 0 bridgehead atoms. The van der Waals surface area contributed by atoms with Gasteiger partial charge in [-0.2, -0.15) is 0 Å². The fraction of sp³-hybridized carbons (Fsp3) is 1.00. The Morgan fingerprint density at radius 1 is 1.00 bits per heavy atom. The fourth-order valence-corrected chi connectivity index (χ4v) is 2.85. The van der Waals surface area contributed by atoms with E-state index in [9.17, 15) is 25.5 Å². The maximum Gasteiger partial charge on any atom is 0.148 e. The Morgan fingerprint density at radius 3 is 2.12 bits per heavy atom. The van der Waals surface area contributed by atoms with Gasteiger partial charge in [-0.25, -0.2) is 0 Å². The second-order valence-electron chi connectivity index (χ2n) is 6.75. The van der Waals surface area contributed by atoms with Crippen LogP contribution in [0.5, 0.6) is 0 Å². The molecule has 0 aliphatic carbocycles. The van der Waals surface area contributed by atoms with E-state index < -0.39 is 56.1 Å². The maximum atomic E-state index is 10.3. The van der Waals surface area contributed by atoms with Crippen molar-refractivity contribution in [2.75, 3.05) is 13.4 Å². The van der Waals surface area contributed by atoms with Crippen LogP contribution in [-0.2, 0) is 14.2 Å². The molecule has 1 aliphatic rings. The third kappa shape index (κ3) is 5.81. The molecule has 1 heterocycles. The van der Waals surface area contributed by atoms with Crippen molar-refractivity contribution in [3.05, 3.63) is 0 Å². The molecule has 0 radical (unpaired) electrons. The zero-order chi connectivity index (χ0) is 19.3. The van der Waals surface area contributed by atoms with Gasteiger partial charge < -0.3 is 44.8 Å². The Bertz CT molecular complexity index is 381. The van der Waals surface area contributed by atoms with Crippen molar-refractivity contribution >= 4 is 0 Å². The zero-order valence-corrected chi connectivity index (χ0v) is 15.1. The quantitative estimate of drug-likeness (QED) is 0.253. The Balaban J connectivity index is 2.65. The van der Waals surface area contributed by atoms with Crippen molar-refractivity contribution in [1.82, 2.24) is 0 Å². The first-order valence-electron chi connectivity index (χ1n) is 8.51. The Kier molecular flexibility index (Phi) is 9.16. The molecule has 10 atom stereocenters. The largest absolute Gasteiger partial charge is 0.394 e. The van der Waals surface area contributed by atoms with Crippen molar-refractivity contribution in [3.8, 4) is 0 Å². The number of hydrogen-bond donors (Lipinski definition) is 6. The van der Waals surface area contributed by atoms with Gasteiger partial charge in [0.05, 0.1) is 31.0 Å². The van der Waals surface area contributed by atoms with E-state index in [0.29, 0.717) is 0 Å². The van der Waals surface area contributed by atoms with Crippen molar-refractivity contribution in [1.29, 1.82) is 0 Å². The molecule has 0 aromatic rings. The monoisotopic (exact) mass is 368 g/mol. The molecule has 9 heteroatoms. The average Bonchev–Trinajstić information content (AvgIpc) is 2.57. The third-order valence-electron chi connectivity index (χ3n) is 4.78. The number of aliphatic hydroxyl groups is 6. The average molecular weight is 368 g/mol. The van der Waals surface area contributed by atoms with E-state index in [4.69, 9.17) is 19.3 Å². The second-order valence-corrected chi connectivity index (χ2v) is 6.75. The molecule has 0 aromatic heterocycles. The molecule has 0 spiro atoms. The predicted octanol–water partition coefficient (Wildman–Crippen LogP) is -2.03. The molecule has 25 heavy (non-hydrogen) atoms. The van der Waals surface area contributed by atoms with E-state index in [2.05, 4.69) is 0 Å². The van der Waals surface area contributed by atoms with Crippen LogP contribution < -0.4 is 0 Å². The van der Waals surface area contributed by atoms with Gasteiger partial charge in [-0.15, -0.1) is 0 Å². The Hall–Kier alpha value is -0.360. The number of ether oxygens (including phenoxy) is 3. The standard InChI is InChI=1S/C16H32O9/c1-7-9(3)25-10(4)15(12(7)20)23-6-24-16(11(19)5-17)14(22)13(21)8(2)18/h7-22H,5-6H2,1-4H3. The molecule has 1 saturated heterocycles. The highest BCUT2D eigenvalue weighted by Gasteiger charge is 2.40. The minimum Gasteiger partial charge on any atom is -0.394 e. The van der Waals surface area contributed by atoms with E-state index in [0.717, 1.165) is 0 Å². The summed E-state index contributed by atoms with van der Waals surface area (Å²) in [6.45, 7) is 5.59. The van der Waals surface area contributed by atoms with Gasteiger partial charge in [0.25, 0.3) is 0 Å². The van der Waals surface area contributed by atoms with Crippen LogP contribution in [-0.4, -0.2) is 99.0 Å². The zero-order valence-electron chi connectivity index (χ0n) is 15.1. The van der Waals surface area contributed by atoms with E-state index in [1.165, 1.54) is 6.92 Å². The van der Waals surface area contributed by atoms with Crippen LogP contribution in [0.2, 0.25) is 0 Å². The summed E-state index contributed by atoms with van der Waals surface area (Å²) < 4.78 is 16.4. The van der Waals surface area contributed by atoms with Gasteiger partial charge in [0.2, 0.25) is 0 Å². The molecule has 10 unspecified atom stereocenters. The summed E-state index contributed by atoms with van der Waals surface area (Å²) in [5.41, 5.74) is 0. The van der Waals surface area contributed by atoms with Crippen LogP contribution in [0.1, 0.15) is 27.7 Å². The molecule has 1 fully saturated rings. The first-order chi connectivity index (χ1) is 11.6. The van der Waals surface area contributed by atoms with Gasteiger partial charge in [0.1, 0.15) is 37.3 Å². The number of aliphatic hydroxyl groups excluding tert-OH is 6. The van der Waals surface area contributed by atoms with Crippen LogP contribution in [0.25, 0.3) is 0 Å². The highest BCUT2D eigenvalue weighted by atomic mass is 16.7. The van der Waals surface area contributed by atoms with E-state index in [1.54, 1.807) is 6.92 Å². The first-order valence-corrected chi connectivity index (χ1v) is 8.51. The lowest BCUT2D eigenvalue weighted by atomic mass is 9.89. The van der Waals surface area contributed by atoms with Gasteiger partial charge in [0, 0.05) is 5.92 Å². The smallest absolute Gasteiger partial charge is 0.148 e. The number of rotatable bonds is 9. The molecule has 9 nitrogen and oxygen atoms in total. The van der Waals surface area contributed by atoms with Crippen molar-refractivity contribution in [2.45, 2.75) is 82.6 Å². The lowest BCUT2D eigenvalue weighted by molar-refractivity contribution is -0.250. The normalized spacial score (nSPS) is 36.5. The molecular formula is C16H32O9. The molecular weight excluding hydrogens is 336 g/mol. The van der Waals surface area contributed by atoms with Crippen LogP contribution in [0.4, 0.5) is 0 Å². The lowest BCUT2D eigenvalue weighted by Crippen LogP contribution is -2.54. The van der Waals surface area contributed by atoms with Crippen molar-refractivity contribution in [2.24, 2.45) is 5.92 Å². The van der Waals surface area contributed by atoms with Gasteiger partial charge in [-0.05, 0) is 20.8 Å². The Morgan fingerprint density at radius 2 is 1.60 bits per heavy atom. The van der Waals surface area contributed by atoms with E-state index in [-0.39, 0.29) is 18.1 Å². The van der Waals surface area contributed by atoms with Crippen LogP contribution in [0, 0.1) is 5.92 Å².